The number of carbonyl (C=O) groups is 1. The number of anilines is 1. The number of carboxylic acid groups (broad SMARTS) is 1. The maximum atomic E-state index is 11.2. The number of nitrogens with zero attached hydrogens (tertiary/aromatic N) is 2. The molecule has 1 aliphatic rings. The molecule has 0 aromatic carbocycles. The van der Waals surface area contributed by atoms with E-state index in [-0.39, 0.29) is 12.2 Å². The van der Waals surface area contributed by atoms with E-state index in [2.05, 4.69) is 9.88 Å². The van der Waals surface area contributed by atoms with Gasteiger partial charge in [-0.2, -0.15) is 0 Å². The second kappa shape index (κ2) is 5.57. The molecule has 5 nitrogen and oxygen atoms in total. The van der Waals surface area contributed by atoms with E-state index in [0.29, 0.717) is 5.56 Å². The van der Waals surface area contributed by atoms with E-state index >= 15 is 0 Å². The molecule has 1 fully saturated rings. The lowest BCUT2D eigenvalue weighted by Crippen LogP contribution is -2.46. The molecule has 0 saturated carbocycles. The molecule has 2 atom stereocenters. The number of aromatic carboxylic acids is 1. The fraction of sp³-hybridized carbons (Fsp3) is 0.571. The second-order valence-electron chi connectivity index (χ2n) is 5.03. The molecule has 2 unspecified atom stereocenters. The summed E-state index contributed by atoms with van der Waals surface area (Å²) in [6.07, 6.45) is 0.983. The van der Waals surface area contributed by atoms with Crippen LogP contribution >= 0.6 is 0 Å². The van der Waals surface area contributed by atoms with Crippen LogP contribution in [0, 0.1) is 0 Å². The molecule has 1 aromatic heterocycles. The molecule has 1 saturated heterocycles. The predicted octanol–water partition coefficient (Wildman–Crippen LogP) is 1.96. The molecule has 104 valence electrons. The van der Waals surface area contributed by atoms with Crippen LogP contribution in [0.1, 0.15) is 36.8 Å². The maximum Gasteiger partial charge on any atom is 0.335 e. The van der Waals surface area contributed by atoms with Gasteiger partial charge in [0.15, 0.2) is 0 Å². The molecular formula is C14H20N2O3. The normalized spacial score (nSPS) is 23.4. The number of aromatic nitrogens is 1. The number of rotatable bonds is 3. The van der Waals surface area contributed by atoms with Crippen molar-refractivity contribution >= 4 is 11.8 Å². The number of hydrogen-bond acceptors (Lipinski definition) is 4. The van der Waals surface area contributed by atoms with E-state index < -0.39 is 5.97 Å². The summed E-state index contributed by atoms with van der Waals surface area (Å²) in [5.41, 5.74) is 1.11. The van der Waals surface area contributed by atoms with Gasteiger partial charge in [0.1, 0.15) is 5.82 Å². The van der Waals surface area contributed by atoms with Gasteiger partial charge >= 0.3 is 5.97 Å². The van der Waals surface area contributed by atoms with Crippen molar-refractivity contribution in [1.29, 1.82) is 0 Å². The van der Waals surface area contributed by atoms with Crippen molar-refractivity contribution in [1.82, 2.24) is 4.98 Å². The first-order valence-corrected chi connectivity index (χ1v) is 6.64. The van der Waals surface area contributed by atoms with E-state index in [1.807, 2.05) is 20.8 Å². The number of carboxylic acids is 1. The van der Waals surface area contributed by atoms with Gasteiger partial charge < -0.3 is 14.7 Å². The monoisotopic (exact) mass is 264 g/mol. The molecule has 0 spiro atoms. The third-order valence-electron chi connectivity index (χ3n) is 3.22. The quantitative estimate of drug-likeness (QED) is 0.904. The summed E-state index contributed by atoms with van der Waals surface area (Å²) in [5, 5.41) is 9.16. The fourth-order valence-corrected chi connectivity index (χ4v) is 2.40. The van der Waals surface area contributed by atoms with Crippen LogP contribution in [0.2, 0.25) is 0 Å². The highest BCUT2D eigenvalue weighted by Crippen LogP contribution is 2.20. The maximum absolute atomic E-state index is 11.2. The lowest BCUT2D eigenvalue weighted by atomic mass is 10.1. The summed E-state index contributed by atoms with van der Waals surface area (Å²) in [5.74, 6) is -0.175. The zero-order valence-electron chi connectivity index (χ0n) is 11.6. The number of ether oxygens (including phenoxy) is 1. The average Bonchev–Trinajstić information content (AvgIpc) is 2.37. The van der Waals surface area contributed by atoms with Crippen LogP contribution in [0.3, 0.4) is 0 Å². The van der Waals surface area contributed by atoms with Crippen LogP contribution in [0.25, 0.3) is 0 Å². The zero-order valence-corrected chi connectivity index (χ0v) is 11.6. The van der Waals surface area contributed by atoms with Crippen molar-refractivity contribution in [3.63, 3.8) is 0 Å². The van der Waals surface area contributed by atoms with Gasteiger partial charge in [-0.3, -0.25) is 0 Å². The van der Waals surface area contributed by atoms with E-state index in [0.717, 1.165) is 31.0 Å². The van der Waals surface area contributed by atoms with Gasteiger partial charge in [0.05, 0.1) is 17.8 Å². The topological polar surface area (TPSA) is 62.7 Å². The van der Waals surface area contributed by atoms with Gasteiger partial charge in [-0.15, -0.1) is 0 Å². The Morgan fingerprint density at radius 2 is 2.05 bits per heavy atom. The van der Waals surface area contributed by atoms with Gasteiger partial charge in [-0.25, -0.2) is 9.78 Å². The summed E-state index contributed by atoms with van der Waals surface area (Å²) < 4.78 is 5.69. The first-order valence-electron chi connectivity index (χ1n) is 6.64. The van der Waals surface area contributed by atoms with Gasteiger partial charge in [0, 0.05) is 18.8 Å². The first kappa shape index (κ1) is 13.8. The predicted molar refractivity (Wildman–Crippen MR) is 72.8 cm³/mol. The van der Waals surface area contributed by atoms with Gasteiger partial charge in [0.2, 0.25) is 0 Å². The molecule has 0 radical (unpaired) electrons. The number of morpholine rings is 1. The molecule has 0 bridgehead atoms. The third-order valence-corrected chi connectivity index (χ3v) is 3.22. The van der Waals surface area contributed by atoms with Crippen LogP contribution in [-0.2, 0) is 11.2 Å². The van der Waals surface area contributed by atoms with Crippen LogP contribution in [0.4, 0.5) is 5.82 Å². The van der Waals surface area contributed by atoms with E-state index in [1.165, 1.54) is 0 Å². The van der Waals surface area contributed by atoms with Crippen molar-refractivity contribution in [2.45, 2.75) is 39.4 Å². The molecule has 2 heterocycles. The number of pyridine rings is 1. The number of hydrogen-bond donors (Lipinski definition) is 1. The summed E-state index contributed by atoms with van der Waals surface area (Å²) >= 11 is 0. The molecule has 19 heavy (non-hydrogen) atoms. The van der Waals surface area contributed by atoms with Crippen molar-refractivity contribution in [2.24, 2.45) is 0 Å². The Morgan fingerprint density at radius 3 is 2.58 bits per heavy atom. The van der Waals surface area contributed by atoms with Crippen molar-refractivity contribution in [3.05, 3.63) is 23.4 Å². The zero-order chi connectivity index (χ0) is 14.0. The molecule has 5 heteroatoms. The Hall–Kier alpha value is -1.62. The third kappa shape index (κ3) is 3.23. The molecule has 1 aromatic rings. The highest BCUT2D eigenvalue weighted by Gasteiger charge is 2.24. The van der Waals surface area contributed by atoms with Crippen LogP contribution in [0.5, 0.6) is 0 Å². The van der Waals surface area contributed by atoms with E-state index in [4.69, 9.17) is 9.84 Å². The van der Waals surface area contributed by atoms with Gasteiger partial charge in [-0.1, -0.05) is 6.92 Å². The lowest BCUT2D eigenvalue weighted by molar-refractivity contribution is -0.00546. The van der Waals surface area contributed by atoms with Gasteiger partial charge in [0.25, 0.3) is 0 Å². The highest BCUT2D eigenvalue weighted by atomic mass is 16.5. The summed E-state index contributed by atoms with van der Waals surface area (Å²) in [6.45, 7) is 7.49. The summed E-state index contributed by atoms with van der Waals surface area (Å²) in [7, 11) is 0. The molecule has 1 aliphatic heterocycles. The largest absolute Gasteiger partial charge is 0.478 e. The average molecular weight is 264 g/mol. The first-order chi connectivity index (χ1) is 8.99. The minimum absolute atomic E-state index is 0.129. The highest BCUT2D eigenvalue weighted by molar-refractivity contribution is 5.88. The molecular weight excluding hydrogens is 244 g/mol. The Bertz CT molecular complexity index is 466. The fourth-order valence-electron chi connectivity index (χ4n) is 2.40. The van der Waals surface area contributed by atoms with Crippen molar-refractivity contribution < 1.29 is 14.6 Å². The Labute approximate surface area is 113 Å². The van der Waals surface area contributed by atoms with Gasteiger partial charge in [-0.05, 0) is 32.4 Å². The summed E-state index contributed by atoms with van der Waals surface area (Å²) in [6, 6.07) is 3.28. The number of aryl methyl sites for hydroxylation is 1. The van der Waals surface area contributed by atoms with Crippen LogP contribution in [-0.4, -0.2) is 41.4 Å². The molecule has 1 N–H and O–H groups in total. The lowest BCUT2D eigenvalue weighted by Gasteiger charge is -2.36. The molecule has 2 rings (SSSR count). The van der Waals surface area contributed by atoms with Crippen LogP contribution < -0.4 is 4.90 Å². The molecule has 0 amide bonds. The Balaban J connectivity index is 2.32. The minimum atomic E-state index is -0.910. The summed E-state index contributed by atoms with van der Waals surface area (Å²) in [4.78, 5) is 17.8. The Kier molecular flexibility index (Phi) is 4.04. The smallest absolute Gasteiger partial charge is 0.335 e. The van der Waals surface area contributed by atoms with Crippen molar-refractivity contribution in [3.8, 4) is 0 Å². The van der Waals surface area contributed by atoms with Crippen LogP contribution in [0.15, 0.2) is 12.1 Å². The van der Waals surface area contributed by atoms with E-state index in [1.54, 1.807) is 12.1 Å². The van der Waals surface area contributed by atoms with E-state index in [9.17, 15) is 4.79 Å². The molecule has 0 aliphatic carbocycles. The minimum Gasteiger partial charge on any atom is -0.478 e. The standard InChI is InChI=1S/C14H20N2O3/c1-4-12-5-11(14(17)18)6-13(15-12)16-7-9(2)19-10(3)8-16/h5-6,9-10H,4,7-8H2,1-3H3,(H,17,18). The SMILES string of the molecule is CCc1cc(C(=O)O)cc(N2CC(C)OC(C)C2)n1. The Morgan fingerprint density at radius 1 is 1.42 bits per heavy atom. The second-order valence-corrected chi connectivity index (χ2v) is 5.03. The van der Waals surface area contributed by atoms with Crippen molar-refractivity contribution in [2.75, 3.05) is 18.0 Å².